The van der Waals surface area contributed by atoms with Crippen molar-refractivity contribution < 1.29 is 14.6 Å². The predicted molar refractivity (Wildman–Crippen MR) is 71.7 cm³/mol. The van der Waals surface area contributed by atoms with E-state index >= 15 is 0 Å². The lowest BCUT2D eigenvalue weighted by atomic mass is 9.82. The van der Waals surface area contributed by atoms with E-state index in [2.05, 4.69) is 20.8 Å². The number of hydrogen-bond donors (Lipinski definition) is 1. The molecule has 0 spiro atoms. The van der Waals surface area contributed by atoms with Gasteiger partial charge in [-0.1, -0.05) is 15.9 Å². The fourth-order valence-electron chi connectivity index (χ4n) is 2.24. The second-order valence-corrected chi connectivity index (χ2v) is 5.30. The second-order valence-electron chi connectivity index (χ2n) is 4.74. The fraction of sp³-hybridized carbons (Fsp3) is 1.00. The number of halogens is 1. The predicted octanol–water partition coefficient (Wildman–Crippen LogP) is 1.12. The Kier molecular flexibility index (Phi) is 7.62. The SMILES string of the molecule is COCCN(CCO)CC1(CBr)CCOCC1. The number of nitrogens with zero attached hydrogens (tertiary/aromatic N) is 1. The molecule has 0 radical (unpaired) electrons. The van der Waals surface area contributed by atoms with E-state index in [1.54, 1.807) is 7.11 Å². The molecule has 1 heterocycles. The molecule has 1 N–H and O–H groups in total. The van der Waals surface area contributed by atoms with Gasteiger partial charge in [-0.15, -0.1) is 0 Å². The van der Waals surface area contributed by atoms with Gasteiger partial charge >= 0.3 is 0 Å². The summed E-state index contributed by atoms with van der Waals surface area (Å²) >= 11 is 3.64. The Morgan fingerprint density at radius 2 is 2.06 bits per heavy atom. The highest BCUT2D eigenvalue weighted by molar-refractivity contribution is 9.09. The van der Waals surface area contributed by atoms with E-state index in [0.29, 0.717) is 5.41 Å². The van der Waals surface area contributed by atoms with Gasteiger partial charge in [-0.25, -0.2) is 0 Å². The number of rotatable bonds is 8. The summed E-state index contributed by atoms with van der Waals surface area (Å²) < 4.78 is 10.6. The van der Waals surface area contributed by atoms with Crippen molar-refractivity contribution >= 4 is 15.9 Å². The minimum atomic E-state index is 0.207. The normalized spacial score (nSPS) is 19.8. The number of aliphatic hydroxyl groups excluding tert-OH is 1. The van der Waals surface area contributed by atoms with Crippen molar-refractivity contribution in [2.75, 3.05) is 58.5 Å². The molecule has 4 nitrogen and oxygen atoms in total. The van der Waals surface area contributed by atoms with E-state index in [9.17, 15) is 0 Å². The van der Waals surface area contributed by atoms with Gasteiger partial charge in [0.2, 0.25) is 0 Å². The first-order chi connectivity index (χ1) is 8.26. The minimum Gasteiger partial charge on any atom is -0.395 e. The Bertz CT molecular complexity index is 198. The van der Waals surface area contributed by atoms with Crippen LogP contribution in [-0.4, -0.2) is 68.5 Å². The van der Waals surface area contributed by atoms with Crippen molar-refractivity contribution in [1.82, 2.24) is 4.90 Å². The van der Waals surface area contributed by atoms with Crippen molar-refractivity contribution in [3.05, 3.63) is 0 Å². The quantitative estimate of drug-likeness (QED) is 0.682. The average Bonchev–Trinajstić information content (AvgIpc) is 2.37. The third-order valence-corrected chi connectivity index (χ3v) is 4.61. The van der Waals surface area contributed by atoms with Crippen LogP contribution in [0.5, 0.6) is 0 Å². The Balaban J connectivity index is 2.48. The summed E-state index contributed by atoms with van der Waals surface area (Å²) in [5.74, 6) is 0. The van der Waals surface area contributed by atoms with Gasteiger partial charge in [0.25, 0.3) is 0 Å². The van der Waals surface area contributed by atoms with Gasteiger partial charge in [-0.05, 0) is 18.3 Å². The Labute approximate surface area is 112 Å². The van der Waals surface area contributed by atoms with Crippen LogP contribution in [-0.2, 0) is 9.47 Å². The summed E-state index contributed by atoms with van der Waals surface area (Å²) in [5.41, 5.74) is 0.293. The molecule has 0 bridgehead atoms. The first-order valence-electron chi connectivity index (χ1n) is 6.22. The first kappa shape index (κ1) is 15.4. The third kappa shape index (κ3) is 5.22. The van der Waals surface area contributed by atoms with E-state index in [4.69, 9.17) is 14.6 Å². The Morgan fingerprint density at radius 1 is 1.35 bits per heavy atom. The number of ether oxygens (including phenoxy) is 2. The van der Waals surface area contributed by atoms with Crippen molar-refractivity contribution in [2.45, 2.75) is 12.8 Å². The van der Waals surface area contributed by atoms with Crippen LogP contribution in [0.1, 0.15) is 12.8 Å². The third-order valence-electron chi connectivity index (χ3n) is 3.42. The summed E-state index contributed by atoms with van der Waals surface area (Å²) in [6.07, 6.45) is 2.18. The number of aliphatic hydroxyl groups is 1. The molecule has 0 aromatic carbocycles. The van der Waals surface area contributed by atoms with Crippen LogP contribution >= 0.6 is 15.9 Å². The maximum atomic E-state index is 9.10. The highest BCUT2D eigenvalue weighted by Crippen LogP contribution is 2.33. The zero-order valence-corrected chi connectivity index (χ0v) is 12.2. The molecular formula is C12H24BrNO3. The van der Waals surface area contributed by atoms with Crippen LogP contribution in [0.25, 0.3) is 0 Å². The van der Waals surface area contributed by atoms with Gasteiger partial charge in [-0.2, -0.15) is 0 Å². The molecule has 0 aromatic rings. The van der Waals surface area contributed by atoms with Crippen molar-refractivity contribution in [3.63, 3.8) is 0 Å². The lowest BCUT2D eigenvalue weighted by Gasteiger charge is -2.39. The molecule has 1 aliphatic rings. The van der Waals surface area contributed by atoms with E-state index in [1.165, 1.54) is 0 Å². The molecule has 0 saturated carbocycles. The maximum absolute atomic E-state index is 9.10. The molecule has 1 rings (SSSR count). The van der Waals surface area contributed by atoms with Gasteiger partial charge in [0.1, 0.15) is 0 Å². The first-order valence-corrected chi connectivity index (χ1v) is 7.34. The summed E-state index contributed by atoms with van der Waals surface area (Å²) in [5, 5.41) is 10.1. The summed E-state index contributed by atoms with van der Waals surface area (Å²) in [7, 11) is 1.71. The molecule has 0 atom stereocenters. The summed E-state index contributed by atoms with van der Waals surface area (Å²) in [6, 6.07) is 0. The van der Waals surface area contributed by atoms with E-state index in [0.717, 1.165) is 57.6 Å². The fourth-order valence-corrected chi connectivity index (χ4v) is 2.98. The number of methoxy groups -OCH3 is 1. The lowest BCUT2D eigenvalue weighted by Crippen LogP contribution is -2.44. The molecule has 102 valence electrons. The Morgan fingerprint density at radius 3 is 2.59 bits per heavy atom. The van der Waals surface area contributed by atoms with E-state index in [1.807, 2.05) is 0 Å². The van der Waals surface area contributed by atoms with Crippen LogP contribution < -0.4 is 0 Å². The highest BCUT2D eigenvalue weighted by Gasteiger charge is 2.33. The second kappa shape index (κ2) is 8.43. The van der Waals surface area contributed by atoms with Crippen LogP contribution in [0, 0.1) is 5.41 Å². The van der Waals surface area contributed by atoms with Crippen LogP contribution in [0.15, 0.2) is 0 Å². The van der Waals surface area contributed by atoms with Crippen LogP contribution in [0.3, 0.4) is 0 Å². The molecule has 0 aromatic heterocycles. The van der Waals surface area contributed by atoms with Crippen LogP contribution in [0.4, 0.5) is 0 Å². The molecule has 0 amide bonds. The topological polar surface area (TPSA) is 41.9 Å². The monoisotopic (exact) mass is 309 g/mol. The van der Waals surface area contributed by atoms with Gasteiger partial charge in [-0.3, -0.25) is 4.90 Å². The van der Waals surface area contributed by atoms with Crippen molar-refractivity contribution in [3.8, 4) is 0 Å². The smallest absolute Gasteiger partial charge is 0.0589 e. The van der Waals surface area contributed by atoms with E-state index in [-0.39, 0.29) is 6.61 Å². The van der Waals surface area contributed by atoms with Crippen LogP contribution in [0.2, 0.25) is 0 Å². The molecule has 1 aliphatic heterocycles. The summed E-state index contributed by atoms with van der Waals surface area (Å²) in [6.45, 7) is 5.23. The highest BCUT2D eigenvalue weighted by atomic mass is 79.9. The Hall–Kier alpha value is 0.320. The lowest BCUT2D eigenvalue weighted by molar-refractivity contribution is 0.00205. The molecule has 1 saturated heterocycles. The van der Waals surface area contributed by atoms with Gasteiger partial charge in [0.05, 0.1) is 13.2 Å². The van der Waals surface area contributed by atoms with Gasteiger partial charge in [0, 0.05) is 45.3 Å². The molecule has 1 fully saturated rings. The number of hydrogen-bond acceptors (Lipinski definition) is 4. The standard InChI is InChI=1S/C12H24BrNO3/c1-16-9-5-14(4-6-15)11-12(10-13)2-7-17-8-3-12/h15H,2-11H2,1H3. The summed E-state index contributed by atoms with van der Waals surface area (Å²) in [4.78, 5) is 2.29. The van der Waals surface area contributed by atoms with E-state index < -0.39 is 0 Å². The van der Waals surface area contributed by atoms with Gasteiger partial charge < -0.3 is 14.6 Å². The molecule has 0 aliphatic carbocycles. The molecule has 17 heavy (non-hydrogen) atoms. The zero-order valence-electron chi connectivity index (χ0n) is 10.7. The maximum Gasteiger partial charge on any atom is 0.0589 e. The molecule has 0 unspecified atom stereocenters. The molecule has 5 heteroatoms. The van der Waals surface area contributed by atoms with Crippen molar-refractivity contribution in [1.29, 1.82) is 0 Å². The average molecular weight is 310 g/mol. The largest absolute Gasteiger partial charge is 0.395 e. The zero-order chi connectivity index (χ0) is 12.6. The molecular weight excluding hydrogens is 286 g/mol. The number of alkyl halides is 1. The van der Waals surface area contributed by atoms with Crippen molar-refractivity contribution in [2.24, 2.45) is 5.41 Å². The van der Waals surface area contributed by atoms with Gasteiger partial charge in [0.15, 0.2) is 0 Å². The minimum absolute atomic E-state index is 0.207.